The Kier molecular flexibility index (Phi) is 5.77. The first-order valence-corrected chi connectivity index (χ1v) is 11.9. The molecule has 6 heteroatoms. The monoisotopic (exact) mass is 492 g/mol. The van der Waals surface area contributed by atoms with Gasteiger partial charge >= 0.3 is 5.97 Å². The molecule has 0 saturated carbocycles. The highest BCUT2D eigenvalue weighted by atomic mass is 16.7. The van der Waals surface area contributed by atoms with Gasteiger partial charge in [0.25, 0.3) is 0 Å². The van der Waals surface area contributed by atoms with Gasteiger partial charge in [0.1, 0.15) is 18.1 Å². The molecule has 184 valence electrons. The Balaban J connectivity index is 1.48. The largest absolute Gasteiger partial charge is 0.497 e. The van der Waals surface area contributed by atoms with Gasteiger partial charge in [0.05, 0.1) is 12.7 Å². The highest BCUT2D eigenvalue weighted by molar-refractivity contribution is 6.06. The SMILES string of the molecule is COc1ccc(C2=C(C(=O)O)C(c3ccc4c(c3)OCO4)c3ccc(OCc4ccccc4)cc32)cc1. The van der Waals surface area contributed by atoms with Gasteiger partial charge in [-0.05, 0) is 64.2 Å². The average molecular weight is 493 g/mol. The van der Waals surface area contributed by atoms with E-state index in [1.165, 1.54) is 0 Å². The Hall–Kier alpha value is -4.71. The first-order valence-electron chi connectivity index (χ1n) is 11.9. The number of hydrogen-bond acceptors (Lipinski definition) is 5. The minimum atomic E-state index is -0.976. The van der Waals surface area contributed by atoms with Crippen molar-refractivity contribution >= 4 is 11.5 Å². The van der Waals surface area contributed by atoms with Crippen LogP contribution in [0.15, 0.2) is 96.6 Å². The van der Waals surface area contributed by atoms with E-state index in [9.17, 15) is 9.90 Å². The summed E-state index contributed by atoms with van der Waals surface area (Å²) in [5.74, 6) is 1.18. The topological polar surface area (TPSA) is 74.2 Å². The lowest BCUT2D eigenvalue weighted by Crippen LogP contribution is -2.10. The smallest absolute Gasteiger partial charge is 0.333 e. The zero-order valence-corrected chi connectivity index (χ0v) is 20.1. The molecule has 0 radical (unpaired) electrons. The molecule has 1 aliphatic heterocycles. The maximum atomic E-state index is 12.8. The molecule has 4 aromatic rings. The quantitative estimate of drug-likeness (QED) is 0.339. The van der Waals surface area contributed by atoms with Crippen molar-refractivity contribution in [2.45, 2.75) is 12.5 Å². The van der Waals surface area contributed by atoms with Crippen molar-refractivity contribution in [1.82, 2.24) is 0 Å². The van der Waals surface area contributed by atoms with Crippen molar-refractivity contribution in [2.24, 2.45) is 0 Å². The van der Waals surface area contributed by atoms with E-state index in [-0.39, 0.29) is 6.79 Å². The highest BCUT2D eigenvalue weighted by Crippen LogP contribution is 2.50. The minimum absolute atomic E-state index is 0.154. The fourth-order valence-corrected chi connectivity index (χ4v) is 5.02. The number of carbonyl (C=O) groups is 1. The van der Waals surface area contributed by atoms with Gasteiger partial charge < -0.3 is 24.1 Å². The predicted molar refractivity (Wildman–Crippen MR) is 138 cm³/mol. The van der Waals surface area contributed by atoms with Crippen LogP contribution in [0.5, 0.6) is 23.0 Å². The summed E-state index contributed by atoms with van der Waals surface area (Å²) in [7, 11) is 1.61. The molecule has 0 saturated heterocycles. The Labute approximate surface area is 214 Å². The van der Waals surface area contributed by atoms with Crippen molar-refractivity contribution in [3.05, 3.63) is 124 Å². The lowest BCUT2D eigenvalue weighted by Gasteiger charge is -2.16. The molecule has 0 spiro atoms. The molecule has 1 N–H and O–H groups in total. The zero-order valence-electron chi connectivity index (χ0n) is 20.1. The zero-order chi connectivity index (χ0) is 25.4. The summed E-state index contributed by atoms with van der Waals surface area (Å²) in [5, 5.41) is 10.5. The molecule has 0 amide bonds. The van der Waals surface area contributed by atoms with Crippen molar-refractivity contribution in [3.63, 3.8) is 0 Å². The van der Waals surface area contributed by atoms with Crippen LogP contribution in [0.1, 0.15) is 33.7 Å². The van der Waals surface area contributed by atoms with E-state index in [1.807, 2.05) is 91.0 Å². The predicted octanol–water partition coefficient (Wildman–Crippen LogP) is 6.03. The second kappa shape index (κ2) is 9.39. The summed E-state index contributed by atoms with van der Waals surface area (Å²) in [6.07, 6.45) is 0. The lowest BCUT2D eigenvalue weighted by atomic mass is 9.88. The third kappa shape index (κ3) is 4.16. The average Bonchev–Trinajstić information content (AvgIpc) is 3.54. The van der Waals surface area contributed by atoms with Gasteiger partial charge in [-0.1, -0.05) is 54.6 Å². The van der Waals surface area contributed by atoms with E-state index in [0.717, 1.165) is 27.8 Å². The summed E-state index contributed by atoms with van der Waals surface area (Å²) in [4.78, 5) is 12.8. The molecule has 2 aliphatic rings. The molecule has 0 bridgehead atoms. The third-order valence-electron chi connectivity index (χ3n) is 6.75. The van der Waals surface area contributed by atoms with Gasteiger partial charge in [-0.25, -0.2) is 4.79 Å². The Morgan fingerprint density at radius 1 is 0.892 bits per heavy atom. The van der Waals surface area contributed by atoms with Crippen molar-refractivity contribution < 1.29 is 28.8 Å². The number of carboxylic acids is 1. The molecule has 1 unspecified atom stereocenters. The van der Waals surface area contributed by atoms with E-state index < -0.39 is 11.9 Å². The Morgan fingerprint density at radius 3 is 2.41 bits per heavy atom. The minimum Gasteiger partial charge on any atom is -0.497 e. The Bertz CT molecular complexity index is 1500. The number of fused-ring (bicyclic) bond motifs is 2. The van der Waals surface area contributed by atoms with Crippen LogP contribution in [0.3, 0.4) is 0 Å². The molecule has 1 atom stereocenters. The van der Waals surface area contributed by atoms with Gasteiger partial charge in [0.15, 0.2) is 11.5 Å². The maximum absolute atomic E-state index is 12.8. The summed E-state index contributed by atoms with van der Waals surface area (Å²) in [5.41, 5.74) is 5.37. The highest BCUT2D eigenvalue weighted by Gasteiger charge is 2.38. The van der Waals surface area contributed by atoms with Crippen molar-refractivity contribution in [2.75, 3.05) is 13.9 Å². The summed E-state index contributed by atoms with van der Waals surface area (Å²) >= 11 is 0. The lowest BCUT2D eigenvalue weighted by molar-refractivity contribution is -0.132. The summed E-state index contributed by atoms with van der Waals surface area (Å²) < 4.78 is 22.5. The van der Waals surface area contributed by atoms with Gasteiger partial charge in [-0.2, -0.15) is 0 Å². The molecule has 4 aromatic carbocycles. The van der Waals surface area contributed by atoms with E-state index in [1.54, 1.807) is 7.11 Å². The molecule has 1 aliphatic carbocycles. The van der Waals surface area contributed by atoms with Crippen LogP contribution in [0.25, 0.3) is 5.57 Å². The van der Waals surface area contributed by atoms with Crippen LogP contribution < -0.4 is 18.9 Å². The number of rotatable bonds is 7. The number of aliphatic carboxylic acids is 1. The van der Waals surface area contributed by atoms with Gasteiger partial charge in [-0.3, -0.25) is 0 Å². The standard InChI is InChI=1S/C31H24O6/c1-34-22-10-7-20(8-11-22)28-25-16-23(35-17-19-5-3-2-4-6-19)12-13-24(25)29(30(28)31(32)33)21-9-14-26-27(15-21)37-18-36-26/h2-16,29H,17-18H2,1H3,(H,32,33). The molecule has 1 heterocycles. The fourth-order valence-electron chi connectivity index (χ4n) is 5.02. The first-order chi connectivity index (χ1) is 18.1. The number of hydrogen-bond donors (Lipinski definition) is 1. The molecule has 0 fully saturated rings. The maximum Gasteiger partial charge on any atom is 0.333 e. The molecule has 6 rings (SSSR count). The van der Waals surface area contributed by atoms with Gasteiger partial charge in [0, 0.05) is 11.5 Å². The number of ether oxygens (including phenoxy) is 4. The van der Waals surface area contributed by atoms with Crippen LogP contribution in [0.4, 0.5) is 0 Å². The fraction of sp³-hybridized carbons (Fsp3) is 0.129. The van der Waals surface area contributed by atoms with Gasteiger partial charge in [-0.15, -0.1) is 0 Å². The second-order valence-electron chi connectivity index (χ2n) is 8.89. The van der Waals surface area contributed by atoms with Crippen LogP contribution in [-0.2, 0) is 11.4 Å². The van der Waals surface area contributed by atoms with E-state index >= 15 is 0 Å². The van der Waals surface area contributed by atoms with Crippen LogP contribution in [-0.4, -0.2) is 25.0 Å². The van der Waals surface area contributed by atoms with Crippen LogP contribution >= 0.6 is 0 Å². The summed E-state index contributed by atoms with van der Waals surface area (Å²) in [6.45, 7) is 0.569. The number of carboxylic acid groups (broad SMARTS) is 1. The van der Waals surface area contributed by atoms with Gasteiger partial charge in [0.2, 0.25) is 6.79 Å². The molecular formula is C31H24O6. The van der Waals surface area contributed by atoms with Crippen molar-refractivity contribution in [1.29, 1.82) is 0 Å². The molecule has 37 heavy (non-hydrogen) atoms. The molecule has 6 nitrogen and oxygen atoms in total. The molecule has 0 aromatic heterocycles. The van der Waals surface area contributed by atoms with E-state index in [0.29, 0.717) is 40.8 Å². The summed E-state index contributed by atoms with van der Waals surface area (Å²) in [6, 6.07) is 28.8. The Morgan fingerprint density at radius 2 is 1.65 bits per heavy atom. The third-order valence-corrected chi connectivity index (χ3v) is 6.75. The molecular weight excluding hydrogens is 468 g/mol. The normalized spacial score (nSPS) is 15.4. The first kappa shape index (κ1) is 22.7. The van der Waals surface area contributed by atoms with E-state index in [4.69, 9.17) is 18.9 Å². The van der Waals surface area contributed by atoms with Crippen LogP contribution in [0, 0.1) is 0 Å². The number of methoxy groups -OCH3 is 1. The number of benzene rings is 4. The van der Waals surface area contributed by atoms with E-state index in [2.05, 4.69) is 0 Å². The van der Waals surface area contributed by atoms with Crippen LogP contribution in [0.2, 0.25) is 0 Å². The van der Waals surface area contributed by atoms with Crippen molar-refractivity contribution in [3.8, 4) is 23.0 Å². The second-order valence-corrected chi connectivity index (χ2v) is 8.89.